The number of nitrogens with one attached hydrogen (secondary N) is 3. The molecule has 13 heteroatoms. The molecule has 0 amide bonds. The molecule has 0 atom stereocenters. The largest absolute Gasteiger partial charge is 3.00 e. The smallest absolute Gasteiger partial charge is 0.542 e. The normalized spacial score (nSPS) is 12.0. The number of carbonyl (C=O) groups is 3. The average molecular weight is 603 g/mol. The van der Waals surface area contributed by atoms with E-state index in [2.05, 4.69) is 30.9 Å². The van der Waals surface area contributed by atoms with E-state index in [-0.39, 0.29) is 86.5 Å². The number of carboxylic acids is 3. The van der Waals surface area contributed by atoms with Gasteiger partial charge < -0.3 is 45.7 Å². The standard InChI is InChI=1S/3C8H16N2O2.Y/c3*1-5(2)9-7(8(11)12)10-6(3)4;/h3*5-6H,1-4H3,(H,9,10)(H,11,12);/q;;;+3/p-3. The molecule has 0 aromatic rings. The van der Waals surface area contributed by atoms with Crippen molar-refractivity contribution in [3.63, 3.8) is 0 Å². The molecule has 0 aliphatic heterocycles. The van der Waals surface area contributed by atoms with Crippen LogP contribution in [0.5, 0.6) is 0 Å². The van der Waals surface area contributed by atoms with Crippen LogP contribution in [0.25, 0.3) is 0 Å². The molecule has 37 heavy (non-hydrogen) atoms. The zero-order valence-corrected chi connectivity index (χ0v) is 27.2. The molecule has 0 fully saturated rings. The fourth-order valence-corrected chi connectivity index (χ4v) is 2.04. The van der Waals surface area contributed by atoms with Crippen molar-refractivity contribution in [3.05, 3.63) is 0 Å². The van der Waals surface area contributed by atoms with Crippen molar-refractivity contribution in [1.82, 2.24) is 16.0 Å². The number of hydrogen-bond donors (Lipinski definition) is 3. The van der Waals surface area contributed by atoms with Crippen LogP contribution in [0, 0.1) is 0 Å². The van der Waals surface area contributed by atoms with Gasteiger partial charge in [0.25, 0.3) is 0 Å². The predicted molar refractivity (Wildman–Crippen MR) is 138 cm³/mol. The number of carboxylic acid groups (broad SMARTS) is 3. The molecular formula is C24H45N6O6Y. The summed E-state index contributed by atoms with van der Waals surface area (Å²) < 4.78 is 0. The second-order valence-corrected chi connectivity index (χ2v) is 9.47. The second kappa shape index (κ2) is 23.1. The topological polar surface area (TPSA) is 194 Å². The third-order valence-electron chi connectivity index (χ3n) is 3.02. The van der Waals surface area contributed by atoms with E-state index in [4.69, 9.17) is 0 Å². The molecule has 12 nitrogen and oxygen atoms in total. The monoisotopic (exact) mass is 602 g/mol. The van der Waals surface area contributed by atoms with Gasteiger partial charge in [0.05, 0.1) is 0 Å². The Bertz CT molecular complexity index is 663. The molecular weight excluding hydrogens is 557 g/mol. The minimum Gasteiger partial charge on any atom is -0.542 e. The molecule has 0 radical (unpaired) electrons. The van der Waals surface area contributed by atoms with Crippen LogP contribution in [-0.4, -0.2) is 71.7 Å². The maximum atomic E-state index is 10.5. The van der Waals surface area contributed by atoms with E-state index < -0.39 is 17.9 Å². The van der Waals surface area contributed by atoms with Crippen LogP contribution in [-0.2, 0) is 47.1 Å². The number of carbonyl (C=O) groups excluding carboxylic acids is 3. The van der Waals surface area contributed by atoms with Gasteiger partial charge in [-0.05, 0) is 83.1 Å². The Kier molecular flexibility index (Phi) is 26.2. The fourth-order valence-electron chi connectivity index (χ4n) is 2.04. The molecule has 0 aromatic carbocycles. The SMILES string of the molecule is CC(C)N=C(NC(C)C)C(=O)[O-].CC(C)N=C(NC(C)C)C(=O)[O-].CC(C)N=C(NC(C)C)C(=O)[O-].[Y+3]. The molecule has 0 saturated heterocycles. The van der Waals surface area contributed by atoms with Crippen LogP contribution >= 0.6 is 0 Å². The first-order chi connectivity index (χ1) is 16.3. The Hall–Kier alpha value is -2.08. The molecule has 0 spiro atoms. The first-order valence-corrected chi connectivity index (χ1v) is 12.0. The van der Waals surface area contributed by atoms with Gasteiger partial charge in [-0.1, -0.05) is 0 Å². The summed E-state index contributed by atoms with van der Waals surface area (Å²) in [6.07, 6.45) is 0. The van der Waals surface area contributed by atoms with Crippen molar-refractivity contribution >= 4 is 35.4 Å². The van der Waals surface area contributed by atoms with Crippen LogP contribution in [0.3, 0.4) is 0 Å². The molecule has 3 N–H and O–H groups in total. The number of aliphatic carboxylic acids is 3. The summed E-state index contributed by atoms with van der Waals surface area (Å²) in [6, 6.07) is 0.0543. The molecule has 0 bridgehead atoms. The van der Waals surface area contributed by atoms with Crippen LogP contribution in [0.1, 0.15) is 83.1 Å². The summed E-state index contributed by atoms with van der Waals surface area (Å²) in [7, 11) is 0. The number of hydrogen-bond acceptors (Lipinski definition) is 9. The van der Waals surface area contributed by atoms with Crippen molar-refractivity contribution in [2.24, 2.45) is 15.0 Å². The number of rotatable bonds is 6. The second-order valence-electron chi connectivity index (χ2n) is 9.47. The maximum Gasteiger partial charge on any atom is 3.00 e. The van der Waals surface area contributed by atoms with Crippen molar-refractivity contribution in [2.45, 2.75) is 119 Å². The van der Waals surface area contributed by atoms with Gasteiger partial charge in [0.2, 0.25) is 0 Å². The molecule has 0 aliphatic carbocycles. The van der Waals surface area contributed by atoms with Gasteiger partial charge in [0, 0.05) is 36.3 Å². The number of amidine groups is 3. The van der Waals surface area contributed by atoms with Gasteiger partial charge in [-0.2, -0.15) is 0 Å². The zero-order valence-electron chi connectivity index (χ0n) is 24.3. The fraction of sp³-hybridized carbons (Fsp3) is 0.750. The third kappa shape index (κ3) is 30.0. The Labute approximate surface area is 247 Å². The summed E-state index contributed by atoms with van der Waals surface area (Å²) in [5.74, 6) is -3.97. The summed E-state index contributed by atoms with van der Waals surface area (Å²) in [5, 5.41) is 39.5. The molecule has 0 unspecified atom stereocenters. The van der Waals surface area contributed by atoms with Crippen molar-refractivity contribution in [2.75, 3.05) is 0 Å². The Morgan fingerprint density at radius 3 is 0.703 bits per heavy atom. The third-order valence-corrected chi connectivity index (χ3v) is 3.02. The summed E-state index contributed by atoms with van der Waals surface area (Å²) in [4.78, 5) is 43.0. The van der Waals surface area contributed by atoms with Crippen LogP contribution in [0.2, 0.25) is 0 Å². The minimum atomic E-state index is -1.25. The van der Waals surface area contributed by atoms with Crippen molar-refractivity contribution in [3.8, 4) is 0 Å². The number of nitrogens with zero attached hydrogens (tertiary/aromatic N) is 3. The molecule has 0 aromatic heterocycles. The van der Waals surface area contributed by atoms with Gasteiger partial charge in [0.1, 0.15) is 35.4 Å². The van der Waals surface area contributed by atoms with E-state index >= 15 is 0 Å². The van der Waals surface area contributed by atoms with Gasteiger partial charge in [-0.15, -0.1) is 0 Å². The van der Waals surface area contributed by atoms with E-state index in [9.17, 15) is 29.7 Å². The maximum absolute atomic E-state index is 10.5. The number of aliphatic imine (C=N–C) groups is 3. The van der Waals surface area contributed by atoms with E-state index in [1.807, 2.05) is 83.1 Å². The first kappa shape index (κ1) is 42.0. The van der Waals surface area contributed by atoms with Gasteiger partial charge in [-0.25, -0.2) is 0 Å². The molecule has 0 saturated carbocycles. The minimum absolute atomic E-state index is 0. The predicted octanol–water partition coefficient (Wildman–Crippen LogP) is -1.38. The van der Waals surface area contributed by atoms with Gasteiger partial charge in [0.15, 0.2) is 0 Å². The molecule has 210 valence electrons. The molecule has 0 heterocycles. The van der Waals surface area contributed by atoms with E-state index in [1.54, 1.807) is 0 Å². The van der Waals surface area contributed by atoms with E-state index in [0.29, 0.717) is 0 Å². The zero-order chi connectivity index (χ0) is 29.2. The van der Waals surface area contributed by atoms with E-state index in [1.165, 1.54) is 0 Å². The van der Waals surface area contributed by atoms with Gasteiger partial charge in [-0.3, -0.25) is 15.0 Å². The van der Waals surface area contributed by atoms with Crippen LogP contribution in [0.15, 0.2) is 15.0 Å². The summed E-state index contributed by atoms with van der Waals surface area (Å²) in [6.45, 7) is 21.9. The van der Waals surface area contributed by atoms with Crippen molar-refractivity contribution in [1.29, 1.82) is 0 Å². The van der Waals surface area contributed by atoms with Crippen LogP contribution in [0.4, 0.5) is 0 Å². The Balaban J connectivity index is -0.000000218. The molecule has 0 rings (SSSR count). The Morgan fingerprint density at radius 2 is 0.622 bits per heavy atom. The average Bonchev–Trinajstić information content (AvgIpc) is 2.65. The Morgan fingerprint density at radius 1 is 0.459 bits per heavy atom. The first-order valence-electron chi connectivity index (χ1n) is 12.0. The van der Waals surface area contributed by atoms with Crippen LogP contribution < -0.4 is 31.3 Å². The van der Waals surface area contributed by atoms with E-state index in [0.717, 1.165) is 0 Å². The van der Waals surface area contributed by atoms with Gasteiger partial charge >= 0.3 is 32.7 Å². The molecule has 0 aliphatic rings. The summed E-state index contributed by atoms with van der Waals surface area (Å²) in [5.41, 5.74) is 0. The van der Waals surface area contributed by atoms with Crippen molar-refractivity contribution < 1.29 is 62.4 Å². The summed E-state index contributed by atoms with van der Waals surface area (Å²) >= 11 is 0. The quantitative estimate of drug-likeness (QED) is 0.243.